The zero-order valence-corrected chi connectivity index (χ0v) is 18.7. The fraction of sp³-hybridized carbons (Fsp3) is 0.0435. The maximum absolute atomic E-state index is 12.5. The van der Waals surface area contributed by atoms with Crippen LogP contribution < -0.4 is 14.8 Å². The second-order valence-corrected chi connectivity index (χ2v) is 7.19. The number of nitrogens with zero attached hydrogens (tertiary/aromatic N) is 3. The molecule has 1 N–H and O–H groups in total. The fourth-order valence-corrected chi connectivity index (χ4v) is 3.08. The van der Waals surface area contributed by atoms with Crippen molar-refractivity contribution in [2.75, 3.05) is 12.4 Å². The molecule has 11 nitrogen and oxygen atoms in total. The lowest BCUT2D eigenvalue weighted by atomic mass is 10.1. The fourth-order valence-electron chi connectivity index (χ4n) is 2.89. The van der Waals surface area contributed by atoms with Crippen LogP contribution in [0.4, 0.5) is 17.1 Å². The highest BCUT2D eigenvalue weighted by Gasteiger charge is 2.22. The number of nitro benzene ring substituents is 2. The van der Waals surface area contributed by atoms with Crippen LogP contribution in [0.3, 0.4) is 0 Å². The molecule has 0 fully saturated rings. The van der Waals surface area contributed by atoms with E-state index in [1.807, 2.05) is 6.07 Å². The molecule has 176 valence electrons. The highest BCUT2D eigenvalue weighted by Crippen LogP contribution is 2.38. The Labute approximate surface area is 203 Å². The zero-order valence-electron chi connectivity index (χ0n) is 17.9. The van der Waals surface area contributed by atoms with Crippen LogP contribution in [0.2, 0.25) is 5.02 Å². The summed E-state index contributed by atoms with van der Waals surface area (Å²) >= 11 is 6.03. The number of ether oxygens (including phenoxy) is 2. The second-order valence-electron chi connectivity index (χ2n) is 6.78. The first-order valence-electron chi connectivity index (χ1n) is 9.70. The van der Waals surface area contributed by atoms with Crippen LogP contribution in [0, 0.1) is 31.6 Å². The summed E-state index contributed by atoms with van der Waals surface area (Å²) in [4.78, 5) is 33.2. The van der Waals surface area contributed by atoms with E-state index in [2.05, 4.69) is 5.32 Å². The lowest BCUT2D eigenvalue weighted by Gasteiger charge is -2.11. The molecule has 0 heterocycles. The number of rotatable bonds is 8. The SMILES string of the molecule is COc1cc(/C=C(\C#N)C(=O)Nc2ccccc2Cl)ccc1Oc1ccc([N+](=O)[O-])cc1[N+](=O)[O-]. The molecule has 0 spiro atoms. The Hall–Kier alpha value is -4.95. The summed E-state index contributed by atoms with van der Waals surface area (Å²) in [6.45, 7) is 0. The standard InChI is InChI=1S/C23H15ClN4O7/c1-34-22-11-14(10-15(13-25)23(29)26-18-5-3-2-4-17(18)24)6-8-21(22)35-20-9-7-16(27(30)31)12-19(20)28(32)33/h2-12H,1H3,(H,26,29)/b15-10+. The molecular weight excluding hydrogens is 480 g/mol. The minimum Gasteiger partial charge on any atom is -0.493 e. The van der Waals surface area contributed by atoms with E-state index in [1.54, 1.807) is 24.3 Å². The lowest BCUT2D eigenvalue weighted by molar-refractivity contribution is -0.394. The number of amides is 1. The number of methoxy groups -OCH3 is 1. The van der Waals surface area contributed by atoms with Crippen molar-refractivity contribution in [1.82, 2.24) is 0 Å². The highest BCUT2D eigenvalue weighted by atomic mass is 35.5. The van der Waals surface area contributed by atoms with Gasteiger partial charge >= 0.3 is 5.69 Å². The molecule has 0 aromatic heterocycles. The number of carbonyl (C=O) groups excluding carboxylic acids is 1. The number of nitro groups is 2. The third-order valence-corrected chi connectivity index (χ3v) is 4.89. The van der Waals surface area contributed by atoms with Crippen LogP contribution in [-0.2, 0) is 4.79 Å². The van der Waals surface area contributed by atoms with Crippen molar-refractivity contribution >= 4 is 40.6 Å². The van der Waals surface area contributed by atoms with E-state index in [1.165, 1.54) is 31.4 Å². The predicted molar refractivity (Wildman–Crippen MR) is 126 cm³/mol. The van der Waals surface area contributed by atoms with Gasteiger partial charge in [-0.3, -0.25) is 25.0 Å². The maximum Gasteiger partial charge on any atom is 0.318 e. The van der Waals surface area contributed by atoms with Gasteiger partial charge in [-0.05, 0) is 42.0 Å². The average molecular weight is 495 g/mol. The predicted octanol–water partition coefficient (Wildman–Crippen LogP) is 5.50. The molecule has 0 aliphatic carbocycles. The number of hydrogen-bond donors (Lipinski definition) is 1. The van der Waals surface area contributed by atoms with Gasteiger partial charge in [0.05, 0.1) is 33.7 Å². The third kappa shape index (κ3) is 5.89. The first-order chi connectivity index (χ1) is 16.7. The summed E-state index contributed by atoms with van der Waals surface area (Å²) in [7, 11) is 1.33. The molecule has 12 heteroatoms. The Morgan fingerprint density at radius 1 is 1.03 bits per heavy atom. The van der Waals surface area contributed by atoms with E-state index in [-0.39, 0.29) is 22.8 Å². The number of carbonyl (C=O) groups is 1. The average Bonchev–Trinajstić information content (AvgIpc) is 2.84. The number of non-ortho nitro benzene ring substituents is 1. The summed E-state index contributed by atoms with van der Waals surface area (Å²) in [5.41, 5.74) is -0.542. The number of nitrogens with one attached hydrogen (secondary N) is 1. The van der Waals surface area contributed by atoms with Crippen LogP contribution in [-0.4, -0.2) is 22.9 Å². The highest BCUT2D eigenvalue weighted by molar-refractivity contribution is 6.34. The summed E-state index contributed by atoms with van der Waals surface area (Å²) in [6, 6.07) is 15.7. The summed E-state index contributed by atoms with van der Waals surface area (Å²) in [5, 5.41) is 34.6. The number of nitriles is 1. The lowest BCUT2D eigenvalue weighted by Crippen LogP contribution is -2.13. The first kappa shape index (κ1) is 24.7. The van der Waals surface area contributed by atoms with Crippen molar-refractivity contribution in [2.24, 2.45) is 0 Å². The van der Waals surface area contributed by atoms with Crippen molar-refractivity contribution < 1.29 is 24.1 Å². The molecule has 0 unspecified atom stereocenters. The zero-order chi connectivity index (χ0) is 25.5. The molecule has 3 aromatic rings. The monoisotopic (exact) mass is 494 g/mol. The number of para-hydroxylation sites is 1. The Bertz CT molecular complexity index is 1400. The van der Waals surface area contributed by atoms with Crippen LogP contribution in [0.1, 0.15) is 5.56 Å². The third-order valence-electron chi connectivity index (χ3n) is 4.56. The van der Waals surface area contributed by atoms with Crippen molar-refractivity contribution in [2.45, 2.75) is 0 Å². The second kappa shape index (κ2) is 10.8. The van der Waals surface area contributed by atoms with E-state index < -0.39 is 27.1 Å². The van der Waals surface area contributed by atoms with Crippen LogP contribution >= 0.6 is 11.6 Å². The molecule has 35 heavy (non-hydrogen) atoms. The molecule has 0 aliphatic rings. The number of anilines is 1. The van der Waals surface area contributed by atoms with Gasteiger partial charge in [0.25, 0.3) is 11.6 Å². The normalized spacial score (nSPS) is 10.7. The van der Waals surface area contributed by atoms with Gasteiger partial charge in [0.2, 0.25) is 5.75 Å². The maximum atomic E-state index is 12.5. The number of halogens is 1. The van der Waals surface area contributed by atoms with E-state index in [0.717, 1.165) is 18.2 Å². The molecule has 0 aliphatic heterocycles. The van der Waals surface area contributed by atoms with Gasteiger partial charge in [-0.15, -0.1) is 0 Å². The minimum atomic E-state index is -0.803. The van der Waals surface area contributed by atoms with Gasteiger partial charge < -0.3 is 14.8 Å². The van der Waals surface area contributed by atoms with Gasteiger partial charge in [0.15, 0.2) is 11.5 Å². The topological polar surface area (TPSA) is 158 Å². The molecule has 0 bridgehead atoms. The molecule has 1 amide bonds. The van der Waals surface area contributed by atoms with Crippen LogP contribution in [0.5, 0.6) is 17.2 Å². The van der Waals surface area contributed by atoms with Gasteiger partial charge in [-0.1, -0.05) is 29.8 Å². The first-order valence-corrected chi connectivity index (χ1v) is 10.1. The molecule has 3 aromatic carbocycles. The Balaban J connectivity index is 1.89. The van der Waals surface area contributed by atoms with Gasteiger partial charge in [-0.25, -0.2) is 0 Å². The van der Waals surface area contributed by atoms with Crippen LogP contribution in [0.25, 0.3) is 6.08 Å². The molecule has 0 atom stereocenters. The van der Waals surface area contributed by atoms with Crippen molar-refractivity contribution in [1.29, 1.82) is 5.26 Å². The van der Waals surface area contributed by atoms with Crippen molar-refractivity contribution in [3.05, 3.63) is 97.1 Å². The molecule has 0 radical (unpaired) electrons. The van der Waals surface area contributed by atoms with Crippen molar-refractivity contribution in [3.8, 4) is 23.3 Å². The number of benzene rings is 3. The van der Waals surface area contributed by atoms with Gasteiger partial charge in [-0.2, -0.15) is 5.26 Å². The summed E-state index contributed by atoms with van der Waals surface area (Å²) in [5.74, 6) is -0.712. The molecule has 3 rings (SSSR count). The Morgan fingerprint density at radius 3 is 2.37 bits per heavy atom. The molecule has 0 saturated heterocycles. The summed E-state index contributed by atoms with van der Waals surface area (Å²) < 4.78 is 10.9. The number of hydrogen-bond acceptors (Lipinski definition) is 8. The van der Waals surface area contributed by atoms with Crippen molar-refractivity contribution in [3.63, 3.8) is 0 Å². The smallest absolute Gasteiger partial charge is 0.318 e. The van der Waals surface area contributed by atoms with Gasteiger partial charge in [0.1, 0.15) is 11.6 Å². The van der Waals surface area contributed by atoms with E-state index >= 15 is 0 Å². The molecule has 0 saturated carbocycles. The minimum absolute atomic E-state index is 0.0700. The van der Waals surface area contributed by atoms with E-state index in [9.17, 15) is 30.3 Å². The van der Waals surface area contributed by atoms with Crippen LogP contribution in [0.15, 0.2) is 66.2 Å². The van der Waals surface area contributed by atoms with E-state index in [4.69, 9.17) is 21.1 Å². The van der Waals surface area contributed by atoms with Gasteiger partial charge in [0, 0.05) is 6.07 Å². The molecular formula is C23H15ClN4O7. The quantitative estimate of drug-likeness (QED) is 0.186. The Kier molecular flexibility index (Phi) is 7.60. The summed E-state index contributed by atoms with van der Waals surface area (Å²) in [6.07, 6.45) is 1.31. The largest absolute Gasteiger partial charge is 0.493 e. The Morgan fingerprint density at radius 2 is 1.74 bits per heavy atom. The van der Waals surface area contributed by atoms with E-state index in [0.29, 0.717) is 16.3 Å².